The molecule has 4 heterocycles. The van der Waals surface area contributed by atoms with Gasteiger partial charge in [-0.25, -0.2) is 14.4 Å². The number of fused-ring (bicyclic) bond motifs is 1. The number of rotatable bonds is 15. The molecule has 326 valence electrons. The molecule has 22 heteroatoms. The van der Waals surface area contributed by atoms with Crippen molar-refractivity contribution in [3.05, 3.63) is 56.7 Å². The fraction of sp³-hybridized carbons (Fsp3) is 0.553. The molecule has 0 saturated carbocycles. The van der Waals surface area contributed by atoms with E-state index in [9.17, 15) is 38.7 Å². The van der Waals surface area contributed by atoms with E-state index in [0.29, 0.717) is 5.56 Å². The van der Waals surface area contributed by atoms with Crippen molar-refractivity contribution in [1.82, 2.24) is 24.0 Å². The van der Waals surface area contributed by atoms with Crippen LogP contribution in [0.5, 0.6) is 0 Å². The van der Waals surface area contributed by atoms with Gasteiger partial charge in [0, 0.05) is 61.7 Å². The van der Waals surface area contributed by atoms with Gasteiger partial charge in [0.2, 0.25) is 5.95 Å². The van der Waals surface area contributed by atoms with Crippen LogP contribution in [-0.4, -0.2) is 135 Å². The zero-order chi connectivity index (χ0) is 44.0. The van der Waals surface area contributed by atoms with E-state index in [4.69, 9.17) is 37.9 Å². The molecule has 10 atom stereocenters. The number of ether oxygens (including phenoxy) is 8. The van der Waals surface area contributed by atoms with Crippen molar-refractivity contribution in [2.24, 2.45) is 18.0 Å². The van der Waals surface area contributed by atoms with Crippen molar-refractivity contribution in [2.45, 2.75) is 103 Å². The second-order valence-electron chi connectivity index (χ2n) is 14.4. The summed E-state index contributed by atoms with van der Waals surface area (Å²) in [4.78, 5) is 103. The highest BCUT2D eigenvalue weighted by atomic mass is 16.7. The van der Waals surface area contributed by atoms with E-state index in [2.05, 4.69) is 15.0 Å². The Morgan fingerprint density at radius 1 is 0.900 bits per heavy atom. The van der Waals surface area contributed by atoms with Crippen LogP contribution in [0.1, 0.15) is 52.8 Å². The number of hydrogen-bond donors (Lipinski definition) is 2. The van der Waals surface area contributed by atoms with Gasteiger partial charge in [-0.1, -0.05) is 30.3 Å². The van der Waals surface area contributed by atoms with Gasteiger partial charge >= 0.3 is 35.5 Å². The molecule has 2 aromatic heterocycles. The number of aromatic nitrogens is 4. The summed E-state index contributed by atoms with van der Waals surface area (Å²) in [5, 5.41) is 11.4. The number of aliphatic hydroxyl groups excluding tert-OH is 1. The number of nitrogens with one attached hydrogen (secondary N) is 1. The fourth-order valence-electron chi connectivity index (χ4n) is 7.13. The van der Waals surface area contributed by atoms with Crippen LogP contribution in [0.3, 0.4) is 0 Å². The Balaban J connectivity index is 1.66. The van der Waals surface area contributed by atoms with Gasteiger partial charge in [-0.3, -0.25) is 38.3 Å². The van der Waals surface area contributed by atoms with E-state index in [0.717, 1.165) is 43.8 Å². The summed E-state index contributed by atoms with van der Waals surface area (Å²) in [6.45, 7) is 4.91. The Labute approximate surface area is 342 Å². The lowest BCUT2D eigenvalue weighted by Gasteiger charge is -2.45. The molecule has 60 heavy (non-hydrogen) atoms. The fourth-order valence-corrected chi connectivity index (χ4v) is 7.13. The Morgan fingerprint density at radius 2 is 1.53 bits per heavy atom. The summed E-state index contributed by atoms with van der Waals surface area (Å²) in [6.07, 6.45) is -12.8. The first-order valence-corrected chi connectivity index (χ1v) is 18.7. The zero-order valence-corrected chi connectivity index (χ0v) is 34.2. The van der Waals surface area contributed by atoms with Crippen LogP contribution in [0.4, 0.5) is 5.95 Å². The number of hydrogen-bond acceptors (Lipinski definition) is 18. The second-order valence-corrected chi connectivity index (χ2v) is 14.4. The standard InChI is InChI=1S/C38H48N6O16/c1-18(45)53-16-26-28(56-20(3)47)24(29(36(51)59-26)54-15-23-12-10-9-11-13-23)14-25(55-19(2)46)30-31(57-21(4)48)32(58-22(5)49)35(60-30)44-33-27(40-38(44)52)34(50)43(8)37(41-33)39-17-42(6)7/h9-13,17,24-26,28-32,35-36,51H,14-16H2,1-8H3,(H,40,52)/b39-17+/t24-,25+,26+,28-,29-,30+,31+,32+,35+,36?/m0/s1. The summed E-state index contributed by atoms with van der Waals surface area (Å²) in [5.74, 6) is -5.43. The first kappa shape index (κ1) is 45.1. The first-order valence-electron chi connectivity index (χ1n) is 18.7. The van der Waals surface area contributed by atoms with Crippen molar-refractivity contribution in [2.75, 3.05) is 20.7 Å². The molecular weight excluding hydrogens is 796 g/mol. The molecule has 1 unspecified atom stereocenters. The maximum Gasteiger partial charge on any atom is 0.330 e. The van der Waals surface area contributed by atoms with Gasteiger partial charge < -0.3 is 47.9 Å². The molecular formula is C38H48N6O16. The lowest BCUT2D eigenvalue weighted by Crippen LogP contribution is -2.59. The lowest BCUT2D eigenvalue weighted by atomic mass is 9.82. The second kappa shape index (κ2) is 19.4. The maximum atomic E-state index is 13.8. The summed E-state index contributed by atoms with van der Waals surface area (Å²) < 4.78 is 48.6. The van der Waals surface area contributed by atoms with Gasteiger partial charge in [0.25, 0.3) is 5.56 Å². The number of H-pyrrole nitrogens is 1. The van der Waals surface area contributed by atoms with Crippen molar-refractivity contribution in [3.8, 4) is 0 Å². The van der Waals surface area contributed by atoms with E-state index < -0.39 is 115 Å². The molecule has 3 aromatic rings. The van der Waals surface area contributed by atoms with Gasteiger partial charge in [-0.2, -0.15) is 4.98 Å². The summed E-state index contributed by atoms with van der Waals surface area (Å²) >= 11 is 0. The number of nitrogens with zero attached hydrogens (tertiary/aromatic N) is 5. The average Bonchev–Trinajstić information content (AvgIpc) is 3.66. The van der Waals surface area contributed by atoms with Crippen molar-refractivity contribution in [3.63, 3.8) is 0 Å². The number of imidazole rings is 1. The molecule has 0 spiro atoms. The predicted octanol–water partition coefficient (Wildman–Crippen LogP) is 0.141. The Hall–Kier alpha value is -5.97. The molecule has 2 fully saturated rings. The number of aromatic amines is 1. The van der Waals surface area contributed by atoms with E-state index in [1.54, 1.807) is 49.3 Å². The van der Waals surface area contributed by atoms with E-state index in [1.165, 1.54) is 13.4 Å². The molecule has 2 N–H and O–H groups in total. The average molecular weight is 845 g/mol. The molecule has 5 rings (SSSR count). The van der Waals surface area contributed by atoms with Crippen LogP contribution < -0.4 is 11.2 Å². The third-order valence-electron chi connectivity index (χ3n) is 9.45. The summed E-state index contributed by atoms with van der Waals surface area (Å²) in [6, 6.07) is 8.86. The smallest absolute Gasteiger partial charge is 0.330 e. The van der Waals surface area contributed by atoms with Crippen molar-refractivity contribution in [1.29, 1.82) is 0 Å². The summed E-state index contributed by atoms with van der Waals surface area (Å²) in [5.41, 5.74) is -1.49. The van der Waals surface area contributed by atoms with E-state index >= 15 is 0 Å². The van der Waals surface area contributed by atoms with E-state index in [-0.39, 0.29) is 23.7 Å². The predicted molar refractivity (Wildman–Crippen MR) is 204 cm³/mol. The number of benzene rings is 1. The maximum absolute atomic E-state index is 13.8. The Kier molecular flexibility index (Phi) is 14.6. The normalized spacial score (nSPS) is 25.7. The van der Waals surface area contributed by atoms with E-state index in [1.807, 2.05) is 0 Å². The minimum atomic E-state index is -1.73. The molecule has 0 radical (unpaired) electrons. The van der Waals surface area contributed by atoms with Crippen molar-refractivity contribution >= 4 is 53.3 Å². The van der Waals surface area contributed by atoms with Gasteiger partial charge in [0.15, 0.2) is 35.9 Å². The quantitative estimate of drug-likeness (QED) is 0.0891. The number of aliphatic imine (C=N–C) groups is 1. The third kappa shape index (κ3) is 10.6. The van der Waals surface area contributed by atoms with Gasteiger partial charge in [-0.05, 0) is 12.0 Å². The molecule has 2 saturated heterocycles. The minimum absolute atomic E-state index is 0.0782. The molecule has 2 aliphatic heterocycles. The summed E-state index contributed by atoms with van der Waals surface area (Å²) in [7, 11) is 4.76. The minimum Gasteiger partial charge on any atom is -0.463 e. The van der Waals surface area contributed by atoms with Gasteiger partial charge in [0.1, 0.15) is 37.1 Å². The van der Waals surface area contributed by atoms with Crippen LogP contribution in [0.2, 0.25) is 0 Å². The molecule has 0 bridgehead atoms. The van der Waals surface area contributed by atoms with Gasteiger partial charge in [-0.15, -0.1) is 0 Å². The molecule has 22 nitrogen and oxygen atoms in total. The van der Waals surface area contributed by atoms with Crippen LogP contribution in [0.15, 0.2) is 44.9 Å². The Bertz CT molecular complexity index is 2200. The monoisotopic (exact) mass is 844 g/mol. The third-order valence-corrected chi connectivity index (χ3v) is 9.45. The number of carbonyl (C=O) groups excluding carboxylic acids is 5. The lowest BCUT2D eigenvalue weighted by molar-refractivity contribution is -0.293. The first-order chi connectivity index (χ1) is 28.4. The van der Waals surface area contributed by atoms with Gasteiger partial charge in [0.05, 0.1) is 12.9 Å². The number of aliphatic hydroxyl groups is 1. The molecule has 0 aliphatic carbocycles. The molecule has 2 aliphatic rings. The largest absolute Gasteiger partial charge is 0.463 e. The highest BCUT2D eigenvalue weighted by molar-refractivity contribution is 5.72. The highest BCUT2D eigenvalue weighted by Crippen LogP contribution is 2.41. The Morgan fingerprint density at radius 3 is 2.13 bits per heavy atom. The molecule has 0 amide bonds. The van der Waals surface area contributed by atoms with Crippen molar-refractivity contribution < 1.29 is 67.0 Å². The topological polar surface area (TPSA) is 268 Å². The highest BCUT2D eigenvalue weighted by Gasteiger charge is 2.57. The number of esters is 5. The zero-order valence-electron chi connectivity index (χ0n) is 34.2. The van der Waals surface area contributed by atoms with Crippen LogP contribution in [0, 0.1) is 5.92 Å². The SMILES string of the molecule is CC(=O)OC[C@H]1OC(O)[C@@H](OCc2ccccc2)[C@@H](C[C@@H](OC(C)=O)[C@H]2O[C@@H](n3c(=O)[nH]c4c(=O)n(C)c(/N=C/N(C)C)nc43)[C@H](OC(C)=O)[C@@H]2OC(C)=O)[C@@H]1OC(C)=O. The van der Waals surface area contributed by atoms with Crippen LogP contribution in [-0.2, 0) is 75.5 Å². The van der Waals surface area contributed by atoms with Crippen LogP contribution in [0.25, 0.3) is 11.2 Å². The number of carbonyl (C=O) groups is 5. The van der Waals surface area contributed by atoms with Crippen LogP contribution >= 0.6 is 0 Å². The molecule has 1 aromatic carbocycles.